The number of halogens is 4. The topological polar surface area (TPSA) is 25.8 Å². The van der Waals surface area contributed by atoms with Gasteiger partial charge in [0.2, 0.25) is 0 Å². The van der Waals surface area contributed by atoms with Crippen molar-refractivity contribution in [3.8, 4) is 0 Å². The van der Waals surface area contributed by atoms with Crippen molar-refractivity contribution in [2.24, 2.45) is 0 Å². The number of hydrogen-bond acceptors (Lipinski definition) is 2. The highest BCUT2D eigenvalue weighted by molar-refractivity contribution is 5.37. The maximum absolute atomic E-state index is 13.2. The van der Waals surface area contributed by atoms with E-state index in [9.17, 15) is 17.6 Å². The van der Waals surface area contributed by atoms with E-state index < -0.39 is 24.0 Å². The fraction of sp³-hybridized carbons (Fsp3) is 0.556. The van der Waals surface area contributed by atoms with Crippen molar-refractivity contribution in [2.45, 2.75) is 32.1 Å². The molecule has 0 fully saturated rings. The zero-order valence-electron chi connectivity index (χ0n) is 8.11. The van der Waals surface area contributed by atoms with E-state index in [1.807, 2.05) is 0 Å². The predicted octanol–water partition coefficient (Wildman–Crippen LogP) is 2.38. The van der Waals surface area contributed by atoms with Crippen LogP contribution in [0.15, 0.2) is 0 Å². The first kappa shape index (κ1) is 10.3. The lowest BCUT2D eigenvalue weighted by molar-refractivity contribution is -0.204. The zero-order chi connectivity index (χ0) is 11.4. The van der Waals surface area contributed by atoms with Gasteiger partial charge in [-0.05, 0) is 13.8 Å². The fourth-order valence-electron chi connectivity index (χ4n) is 1.71. The molecule has 0 saturated heterocycles. The summed E-state index contributed by atoms with van der Waals surface area (Å²) in [5.74, 6) is -8.15. The van der Waals surface area contributed by atoms with Crippen LogP contribution in [0.5, 0.6) is 0 Å². The molecule has 2 nitrogen and oxygen atoms in total. The molecule has 0 N–H and O–H groups in total. The lowest BCUT2D eigenvalue weighted by Crippen LogP contribution is -2.34. The van der Waals surface area contributed by atoms with E-state index in [-0.39, 0.29) is 17.1 Å². The molecule has 15 heavy (non-hydrogen) atoms. The molecule has 6 heteroatoms. The van der Waals surface area contributed by atoms with Crippen LogP contribution >= 0.6 is 0 Å². The van der Waals surface area contributed by atoms with Crippen LogP contribution in [0.4, 0.5) is 17.6 Å². The van der Waals surface area contributed by atoms with E-state index in [1.165, 1.54) is 13.8 Å². The van der Waals surface area contributed by atoms with Gasteiger partial charge in [-0.15, -0.1) is 0 Å². The Labute approximate surface area is 83.4 Å². The molecule has 0 atom stereocenters. The maximum Gasteiger partial charge on any atom is 0.352 e. The van der Waals surface area contributed by atoms with Gasteiger partial charge in [0.1, 0.15) is 11.5 Å². The van der Waals surface area contributed by atoms with Crippen molar-refractivity contribution in [1.82, 2.24) is 9.97 Å². The van der Waals surface area contributed by atoms with E-state index in [0.717, 1.165) is 0 Å². The summed E-state index contributed by atoms with van der Waals surface area (Å²) in [6, 6.07) is 0. The second-order valence-corrected chi connectivity index (χ2v) is 3.64. The zero-order valence-corrected chi connectivity index (χ0v) is 8.11. The summed E-state index contributed by atoms with van der Waals surface area (Å²) >= 11 is 0. The molecule has 82 valence electrons. The third-order valence-corrected chi connectivity index (χ3v) is 2.48. The van der Waals surface area contributed by atoms with Gasteiger partial charge in [0.05, 0.1) is 0 Å². The SMILES string of the molecule is Cc1nc(C)c2c(n1)C(F)(F)C(F)(F)C2. The first-order valence-electron chi connectivity index (χ1n) is 4.36. The van der Waals surface area contributed by atoms with Crippen LogP contribution in [-0.4, -0.2) is 15.9 Å². The smallest absolute Gasteiger partial charge is 0.238 e. The van der Waals surface area contributed by atoms with Gasteiger partial charge in [-0.25, -0.2) is 9.97 Å². The molecule has 1 aliphatic carbocycles. The van der Waals surface area contributed by atoms with Crippen LogP contribution in [0.1, 0.15) is 22.8 Å². The molecule has 1 aromatic heterocycles. The Kier molecular flexibility index (Phi) is 1.84. The molecule has 1 heterocycles. The maximum atomic E-state index is 13.2. The van der Waals surface area contributed by atoms with Gasteiger partial charge >= 0.3 is 11.8 Å². The Bertz CT molecular complexity index is 428. The summed E-state index contributed by atoms with van der Waals surface area (Å²) in [5, 5.41) is 0. The second kappa shape index (κ2) is 2.68. The Balaban J connectivity index is 2.69. The number of rotatable bonds is 0. The summed E-state index contributed by atoms with van der Waals surface area (Å²) < 4.78 is 52.5. The number of alkyl halides is 4. The van der Waals surface area contributed by atoms with Crippen LogP contribution < -0.4 is 0 Å². The van der Waals surface area contributed by atoms with Gasteiger partial charge in [0.25, 0.3) is 0 Å². The lowest BCUT2D eigenvalue weighted by Gasteiger charge is -2.17. The minimum absolute atomic E-state index is 0.0867. The summed E-state index contributed by atoms with van der Waals surface area (Å²) in [6.07, 6.45) is -0.985. The lowest BCUT2D eigenvalue weighted by atomic mass is 10.2. The van der Waals surface area contributed by atoms with Gasteiger partial charge in [0, 0.05) is 17.7 Å². The summed E-state index contributed by atoms with van der Waals surface area (Å²) in [6.45, 7) is 2.84. The summed E-state index contributed by atoms with van der Waals surface area (Å²) in [4.78, 5) is 7.22. The van der Waals surface area contributed by atoms with Crippen molar-refractivity contribution in [1.29, 1.82) is 0 Å². The van der Waals surface area contributed by atoms with Crippen LogP contribution in [0.25, 0.3) is 0 Å². The molecule has 0 bridgehead atoms. The predicted molar refractivity (Wildman–Crippen MR) is 44.1 cm³/mol. The van der Waals surface area contributed by atoms with E-state index in [4.69, 9.17) is 0 Å². The third-order valence-electron chi connectivity index (χ3n) is 2.48. The quantitative estimate of drug-likeness (QED) is 0.627. The molecular weight excluding hydrogens is 212 g/mol. The minimum Gasteiger partial charge on any atom is -0.238 e. The Hall–Kier alpha value is -1.20. The molecule has 0 unspecified atom stereocenters. The first-order chi connectivity index (χ1) is 6.75. The monoisotopic (exact) mass is 220 g/mol. The molecule has 0 aromatic carbocycles. The minimum atomic E-state index is -4.18. The average Bonchev–Trinajstić information content (AvgIpc) is 2.24. The molecule has 2 rings (SSSR count). The van der Waals surface area contributed by atoms with Gasteiger partial charge in [-0.2, -0.15) is 17.6 Å². The Morgan fingerprint density at radius 2 is 1.67 bits per heavy atom. The highest BCUT2D eigenvalue weighted by Gasteiger charge is 2.64. The second-order valence-electron chi connectivity index (χ2n) is 3.64. The van der Waals surface area contributed by atoms with Crippen molar-refractivity contribution in [2.75, 3.05) is 0 Å². The largest absolute Gasteiger partial charge is 0.352 e. The highest BCUT2D eigenvalue weighted by Crippen LogP contribution is 2.51. The molecular formula is C9H8F4N2. The average molecular weight is 220 g/mol. The van der Waals surface area contributed by atoms with Gasteiger partial charge in [-0.3, -0.25) is 0 Å². The molecule has 0 radical (unpaired) electrons. The van der Waals surface area contributed by atoms with E-state index in [2.05, 4.69) is 9.97 Å². The summed E-state index contributed by atoms with van der Waals surface area (Å²) in [5.41, 5.74) is -0.748. The molecule has 0 amide bonds. The van der Waals surface area contributed by atoms with E-state index in [0.29, 0.717) is 0 Å². The fourth-order valence-corrected chi connectivity index (χ4v) is 1.71. The molecule has 0 spiro atoms. The number of aromatic nitrogens is 2. The summed E-state index contributed by atoms with van der Waals surface area (Å²) in [7, 11) is 0. The van der Waals surface area contributed by atoms with Crippen molar-refractivity contribution in [3.05, 3.63) is 22.8 Å². The van der Waals surface area contributed by atoms with Gasteiger partial charge in [0.15, 0.2) is 0 Å². The molecule has 0 aliphatic heterocycles. The van der Waals surface area contributed by atoms with Crippen molar-refractivity contribution in [3.63, 3.8) is 0 Å². The number of nitrogens with zero attached hydrogens (tertiary/aromatic N) is 2. The molecule has 1 aromatic rings. The number of aryl methyl sites for hydroxylation is 2. The van der Waals surface area contributed by atoms with Crippen LogP contribution in [0.2, 0.25) is 0 Å². The van der Waals surface area contributed by atoms with E-state index >= 15 is 0 Å². The highest BCUT2D eigenvalue weighted by atomic mass is 19.3. The van der Waals surface area contributed by atoms with Crippen LogP contribution in [-0.2, 0) is 12.3 Å². The molecule has 0 saturated carbocycles. The van der Waals surface area contributed by atoms with Crippen LogP contribution in [0.3, 0.4) is 0 Å². The van der Waals surface area contributed by atoms with Gasteiger partial charge in [-0.1, -0.05) is 0 Å². The van der Waals surface area contributed by atoms with Crippen molar-refractivity contribution >= 4 is 0 Å². The standard InChI is InChI=1S/C9H8F4N2/c1-4-6-3-8(10,11)9(12,13)7(6)15-5(2)14-4/h3H2,1-2H3. The Morgan fingerprint density at radius 3 is 2.27 bits per heavy atom. The van der Waals surface area contributed by atoms with Gasteiger partial charge < -0.3 is 0 Å². The third kappa shape index (κ3) is 1.23. The number of fused-ring (bicyclic) bond motifs is 1. The first-order valence-corrected chi connectivity index (χ1v) is 4.36. The number of hydrogen-bond donors (Lipinski definition) is 0. The Morgan fingerprint density at radius 1 is 1.07 bits per heavy atom. The van der Waals surface area contributed by atoms with Crippen molar-refractivity contribution < 1.29 is 17.6 Å². The molecule has 1 aliphatic rings. The normalized spacial score (nSPS) is 21.5. The van der Waals surface area contributed by atoms with E-state index in [1.54, 1.807) is 0 Å². The van der Waals surface area contributed by atoms with Crippen LogP contribution in [0, 0.1) is 13.8 Å².